The summed E-state index contributed by atoms with van der Waals surface area (Å²) in [5.74, 6) is -0.353. The van der Waals surface area contributed by atoms with Crippen molar-refractivity contribution in [2.45, 2.75) is 30.7 Å². The fourth-order valence-electron chi connectivity index (χ4n) is 1.82. The van der Waals surface area contributed by atoms with E-state index in [9.17, 15) is 9.59 Å². The fraction of sp³-hybridized carbons (Fsp3) is 0.267. The SMILES string of the molecule is CC(C)c1cc(=O)[nH]c(SCc2ccccc2C(=O)O)n1. The predicted octanol–water partition coefficient (Wildman–Crippen LogP) is 2.88. The van der Waals surface area contributed by atoms with E-state index in [1.54, 1.807) is 24.3 Å². The minimum absolute atomic E-state index is 0.165. The zero-order valence-corrected chi connectivity index (χ0v) is 12.6. The third-order valence-corrected chi connectivity index (χ3v) is 3.87. The largest absolute Gasteiger partial charge is 0.478 e. The third-order valence-electron chi connectivity index (χ3n) is 2.94. The van der Waals surface area contributed by atoms with Crippen molar-refractivity contribution in [1.29, 1.82) is 0 Å². The van der Waals surface area contributed by atoms with E-state index in [4.69, 9.17) is 5.11 Å². The summed E-state index contributed by atoms with van der Waals surface area (Å²) >= 11 is 1.32. The van der Waals surface area contributed by atoms with Crippen LogP contribution in [0.1, 0.15) is 41.4 Å². The van der Waals surface area contributed by atoms with Crippen LogP contribution in [0.25, 0.3) is 0 Å². The molecule has 0 spiro atoms. The summed E-state index contributed by atoms with van der Waals surface area (Å²) < 4.78 is 0. The van der Waals surface area contributed by atoms with Gasteiger partial charge < -0.3 is 10.1 Å². The smallest absolute Gasteiger partial charge is 0.335 e. The van der Waals surface area contributed by atoms with Gasteiger partial charge in [0, 0.05) is 11.8 Å². The molecule has 0 amide bonds. The Morgan fingerprint density at radius 2 is 2.10 bits per heavy atom. The molecule has 0 aliphatic heterocycles. The number of H-pyrrole nitrogens is 1. The van der Waals surface area contributed by atoms with Gasteiger partial charge in [-0.25, -0.2) is 9.78 Å². The van der Waals surface area contributed by atoms with E-state index in [1.165, 1.54) is 17.8 Å². The lowest BCUT2D eigenvalue weighted by Gasteiger charge is -2.08. The highest BCUT2D eigenvalue weighted by Crippen LogP contribution is 2.22. The van der Waals surface area contributed by atoms with Crippen LogP contribution in [0.2, 0.25) is 0 Å². The molecule has 0 saturated heterocycles. The Bertz CT molecular complexity index is 710. The van der Waals surface area contributed by atoms with Crippen molar-refractivity contribution < 1.29 is 9.90 Å². The lowest BCUT2D eigenvalue weighted by Crippen LogP contribution is -2.11. The summed E-state index contributed by atoms with van der Waals surface area (Å²) in [5.41, 5.74) is 1.51. The maximum atomic E-state index is 11.6. The highest BCUT2D eigenvalue weighted by molar-refractivity contribution is 7.98. The van der Waals surface area contributed by atoms with Crippen molar-refractivity contribution in [3.8, 4) is 0 Å². The lowest BCUT2D eigenvalue weighted by atomic mass is 10.1. The molecular weight excluding hydrogens is 288 g/mol. The molecule has 2 aromatic rings. The number of carboxylic acids is 1. The number of carboxylic acid groups (broad SMARTS) is 1. The first-order valence-corrected chi connectivity index (χ1v) is 7.51. The molecule has 21 heavy (non-hydrogen) atoms. The molecule has 1 aromatic carbocycles. The Hall–Kier alpha value is -2.08. The number of aromatic carboxylic acids is 1. The molecule has 110 valence electrons. The summed E-state index contributed by atoms with van der Waals surface area (Å²) in [6.07, 6.45) is 0. The molecule has 0 radical (unpaired) electrons. The van der Waals surface area contributed by atoms with Crippen LogP contribution in [-0.2, 0) is 5.75 Å². The molecule has 5 nitrogen and oxygen atoms in total. The van der Waals surface area contributed by atoms with Gasteiger partial charge in [-0.3, -0.25) is 4.79 Å². The van der Waals surface area contributed by atoms with Gasteiger partial charge in [0.15, 0.2) is 5.16 Å². The number of hydrogen-bond donors (Lipinski definition) is 2. The highest BCUT2D eigenvalue weighted by atomic mass is 32.2. The predicted molar refractivity (Wildman–Crippen MR) is 81.9 cm³/mol. The number of hydrogen-bond acceptors (Lipinski definition) is 4. The molecule has 0 fully saturated rings. The number of carbonyl (C=O) groups is 1. The molecule has 1 heterocycles. The van der Waals surface area contributed by atoms with Crippen LogP contribution in [0.5, 0.6) is 0 Å². The van der Waals surface area contributed by atoms with E-state index in [2.05, 4.69) is 9.97 Å². The Morgan fingerprint density at radius 1 is 1.38 bits per heavy atom. The van der Waals surface area contributed by atoms with Gasteiger partial charge >= 0.3 is 5.97 Å². The van der Waals surface area contributed by atoms with Crippen molar-refractivity contribution in [1.82, 2.24) is 9.97 Å². The second-order valence-corrected chi connectivity index (χ2v) is 5.85. The van der Waals surface area contributed by atoms with E-state index in [1.807, 2.05) is 13.8 Å². The molecule has 1 aromatic heterocycles. The Labute approximate surface area is 126 Å². The number of benzene rings is 1. The van der Waals surface area contributed by atoms with E-state index >= 15 is 0 Å². The molecule has 0 bridgehead atoms. The normalized spacial score (nSPS) is 10.8. The van der Waals surface area contributed by atoms with Crippen molar-refractivity contribution in [3.63, 3.8) is 0 Å². The molecule has 6 heteroatoms. The van der Waals surface area contributed by atoms with Crippen molar-refractivity contribution in [2.75, 3.05) is 0 Å². The van der Waals surface area contributed by atoms with E-state index in [-0.39, 0.29) is 17.0 Å². The summed E-state index contributed by atoms with van der Waals surface area (Å²) in [7, 11) is 0. The fourth-order valence-corrected chi connectivity index (χ4v) is 2.70. The van der Waals surface area contributed by atoms with Gasteiger partial charge in [-0.05, 0) is 17.5 Å². The minimum Gasteiger partial charge on any atom is -0.478 e. The molecular formula is C15H16N2O3S. The quantitative estimate of drug-likeness (QED) is 0.655. The Morgan fingerprint density at radius 3 is 2.76 bits per heavy atom. The summed E-state index contributed by atoms with van der Waals surface area (Å²) in [6.45, 7) is 3.94. The molecule has 2 N–H and O–H groups in total. The maximum absolute atomic E-state index is 11.6. The van der Waals surface area contributed by atoms with Crippen LogP contribution in [0.3, 0.4) is 0 Å². The second-order valence-electron chi connectivity index (χ2n) is 4.88. The lowest BCUT2D eigenvalue weighted by molar-refractivity contribution is 0.0696. The molecule has 0 saturated carbocycles. The number of aromatic nitrogens is 2. The van der Waals surface area contributed by atoms with Gasteiger partial charge in [-0.2, -0.15) is 0 Å². The third kappa shape index (κ3) is 3.95. The van der Waals surface area contributed by atoms with Gasteiger partial charge in [-0.1, -0.05) is 43.8 Å². The standard InChI is InChI=1S/C15H16N2O3S/c1-9(2)12-7-13(18)17-15(16-12)21-8-10-5-3-4-6-11(10)14(19)20/h3-7,9H,8H2,1-2H3,(H,19,20)(H,16,17,18). The van der Waals surface area contributed by atoms with Gasteiger partial charge in [-0.15, -0.1) is 0 Å². The van der Waals surface area contributed by atoms with Gasteiger partial charge in [0.25, 0.3) is 5.56 Å². The first kappa shape index (κ1) is 15.3. The van der Waals surface area contributed by atoms with Crippen LogP contribution in [0.4, 0.5) is 0 Å². The molecule has 0 atom stereocenters. The molecule has 0 aliphatic carbocycles. The summed E-state index contributed by atoms with van der Waals surface area (Å²) in [5, 5.41) is 9.65. The number of aromatic amines is 1. The number of rotatable bonds is 5. The monoisotopic (exact) mass is 304 g/mol. The second kappa shape index (κ2) is 6.58. The van der Waals surface area contributed by atoms with E-state index < -0.39 is 5.97 Å². The topological polar surface area (TPSA) is 83.0 Å². The van der Waals surface area contributed by atoms with Crippen LogP contribution in [0, 0.1) is 0 Å². The van der Waals surface area contributed by atoms with Crippen LogP contribution < -0.4 is 5.56 Å². The number of nitrogens with one attached hydrogen (secondary N) is 1. The average molecular weight is 304 g/mol. The van der Waals surface area contributed by atoms with E-state index in [0.29, 0.717) is 16.5 Å². The summed E-state index contributed by atoms with van der Waals surface area (Å²) in [6, 6.07) is 8.31. The van der Waals surface area contributed by atoms with Gasteiger partial charge in [0.05, 0.1) is 11.3 Å². The molecule has 0 aliphatic rings. The van der Waals surface area contributed by atoms with Crippen LogP contribution in [0.15, 0.2) is 40.3 Å². The van der Waals surface area contributed by atoms with Crippen LogP contribution in [-0.4, -0.2) is 21.0 Å². The first-order valence-electron chi connectivity index (χ1n) is 6.52. The van der Waals surface area contributed by atoms with E-state index in [0.717, 1.165) is 5.69 Å². The zero-order chi connectivity index (χ0) is 15.4. The van der Waals surface area contributed by atoms with Crippen molar-refractivity contribution in [3.05, 3.63) is 57.5 Å². The summed E-state index contributed by atoms with van der Waals surface area (Å²) in [4.78, 5) is 29.8. The zero-order valence-electron chi connectivity index (χ0n) is 11.8. The van der Waals surface area contributed by atoms with Gasteiger partial charge in [0.1, 0.15) is 0 Å². The van der Waals surface area contributed by atoms with Crippen LogP contribution >= 0.6 is 11.8 Å². The number of nitrogens with zero attached hydrogens (tertiary/aromatic N) is 1. The number of thioether (sulfide) groups is 1. The first-order chi connectivity index (χ1) is 9.97. The molecule has 2 rings (SSSR count). The highest BCUT2D eigenvalue weighted by Gasteiger charge is 2.11. The minimum atomic E-state index is -0.955. The van der Waals surface area contributed by atoms with Crippen molar-refractivity contribution in [2.24, 2.45) is 0 Å². The molecule has 0 unspecified atom stereocenters. The average Bonchev–Trinajstić information content (AvgIpc) is 2.44. The Balaban J connectivity index is 2.21. The van der Waals surface area contributed by atoms with Crippen molar-refractivity contribution >= 4 is 17.7 Å². The maximum Gasteiger partial charge on any atom is 0.335 e. The Kier molecular flexibility index (Phi) is 4.80. The van der Waals surface area contributed by atoms with Gasteiger partial charge in [0.2, 0.25) is 0 Å².